The van der Waals surface area contributed by atoms with Gasteiger partial charge in [0, 0.05) is 0 Å². The maximum absolute atomic E-state index is 5.96. The average molecular weight is 143 g/mol. The number of nitrogens with two attached hydrogens (primary N) is 1. The molecule has 1 atom stereocenters. The Morgan fingerprint density at radius 1 is 1.67 bits per heavy atom. The highest BCUT2D eigenvalue weighted by molar-refractivity contribution is 6.75. The molecular formula is C7H17NSi. The monoisotopic (exact) mass is 143 g/mol. The summed E-state index contributed by atoms with van der Waals surface area (Å²) < 4.78 is 0. The summed E-state index contributed by atoms with van der Waals surface area (Å²) in [5.41, 5.74) is 0.662. The van der Waals surface area contributed by atoms with Crippen LogP contribution in [0.3, 0.4) is 0 Å². The first kappa shape index (κ1) is 8.92. The van der Waals surface area contributed by atoms with Gasteiger partial charge in [-0.05, 0) is 12.0 Å². The van der Waals surface area contributed by atoms with Crippen LogP contribution in [0.1, 0.15) is 13.3 Å². The van der Waals surface area contributed by atoms with Crippen LogP contribution >= 0.6 is 0 Å². The van der Waals surface area contributed by atoms with Crippen molar-refractivity contribution in [3.8, 4) is 0 Å². The molecule has 0 aromatic rings. The lowest BCUT2D eigenvalue weighted by Gasteiger charge is -2.22. The van der Waals surface area contributed by atoms with Crippen molar-refractivity contribution >= 4 is 8.24 Å². The molecule has 0 aromatic carbocycles. The van der Waals surface area contributed by atoms with Crippen LogP contribution in [-0.4, -0.2) is 8.24 Å². The minimum absolute atomic E-state index is 0.662. The van der Waals surface area contributed by atoms with Gasteiger partial charge in [0.2, 0.25) is 0 Å². The fraction of sp³-hybridized carbons (Fsp3) is 0.714. The van der Waals surface area contributed by atoms with E-state index in [4.69, 9.17) is 5.40 Å². The Bertz CT molecular complexity index is 93.6. The second kappa shape index (κ2) is 3.18. The van der Waals surface area contributed by atoms with Crippen LogP contribution in [0.2, 0.25) is 18.6 Å². The van der Waals surface area contributed by atoms with E-state index in [1.54, 1.807) is 0 Å². The summed E-state index contributed by atoms with van der Waals surface area (Å²) in [7, 11) is -1.35. The largest absolute Gasteiger partial charge is 0.351 e. The molecule has 0 heterocycles. The van der Waals surface area contributed by atoms with Crippen LogP contribution in [-0.2, 0) is 0 Å². The zero-order valence-corrected chi connectivity index (χ0v) is 7.65. The molecule has 0 saturated carbocycles. The smallest absolute Gasteiger partial charge is 0.119 e. The molecule has 0 aliphatic heterocycles. The molecule has 2 heteroatoms. The molecule has 0 saturated heterocycles. The molecule has 0 aliphatic carbocycles. The SMILES string of the molecule is C=CCC(C)[Si](C)(C)N. The summed E-state index contributed by atoms with van der Waals surface area (Å²) in [6, 6.07) is 0. The van der Waals surface area contributed by atoms with E-state index in [0.29, 0.717) is 5.54 Å². The summed E-state index contributed by atoms with van der Waals surface area (Å²) in [5, 5.41) is 5.96. The third kappa shape index (κ3) is 3.49. The Morgan fingerprint density at radius 2 is 2.11 bits per heavy atom. The van der Waals surface area contributed by atoms with Crippen molar-refractivity contribution in [1.29, 1.82) is 0 Å². The van der Waals surface area contributed by atoms with E-state index in [1.807, 2.05) is 6.08 Å². The van der Waals surface area contributed by atoms with Crippen LogP contribution in [0.4, 0.5) is 0 Å². The second-order valence-corrected chi connectivity index (χ2v) is 7.88. The lowest BCUT2D eigenvalue weighted by molar-refractivity contribution is 0.899. The van der Waals surface area contributed by atoms with Crippen molar-refractivity contribution in [2.75, 3.05) is 0 Å². The molecule has 1 unspecified atom stereocenters. The first-order valence-electron chi connectivity index (χ1n) is 3.38. The van der Waals surface area contributed by atoms with Gasteiger partial charge in [0.15, 0.2) is 0 Å². The molecular weight excluding hydrogens is 126 g/mol. The third-order valence-corrected chi connectivity index (χ3v) is 4.57. The van der Waals surface area contributed by atoms with Crippen molar-refractivity contribution in [3.63, 3.8) is 0 Å². The zero-order valence-electron chi connectivity index (χ0n) is 6.65. The predicted octanol–water partition coefficient (Wildman–Crippen LogP) is 2.12. The Hall–Kier alpha value is -0.0831. The van der Waals surface area contributed by atoms with Crippen molar-refractivity contribution in [1.82, 2.24) is 0 Å². The lowest BCUT2D eigenvalue weighted by atomic mass is 10.3. The van der Waals surface area contributed by atoms with Crippen molar-refractivity contribution in [3.05, 3.63) is 12.7 Å². The van der Waals surface area contributed by atoms with E-state index < -0.39 is 8.24 Å². The first-order valence-corrected chi connectivity index (χ1v) is 6.53. The molecule has 2 N–H and O–H groups in total. The highest BCUT2D eigenvalue weighted by atomic mass is 28.3. The Labute approximate surface area is 59.0 Å². The van der Waals surface area contributed by atoms with Gasteiger partial charge in [-0.2, -0.15) is 0 Å². The minimum Gasteiger partial charge on any atom is -0.351 e. The zero-order chi connectivity index (χ0) is 7.49. The predicted molar refractivity (Wildman–Crippen MR) is 45.9 cm³/mol. The third-order valence-electron chi connectivity index (χ3n) is 1.79. The van der Waals surface area contributed by atoms with Gasteiger partial charge in [-0.1, -0.05) is 26.1 Å². The Kier molecular flexibility index (Phi) is 3.15. The van der Waals surface area contributed by atoms with Gasteiger partial charge < -0.3 is 5.40 Å². The van der Waals surface area contributed by atoms with E-state index in [1.165, 1.54) is 0 Å². The first-order chi connectivity index (χ1) is 3.98. The summed E-state index contributed by atoms with van der Waals surface area (Å²) in [5.74, 6) is 0. The van der Waals surface area contributed by atoms with E-state index in [9.17, 15) is 0 Å². The molecule has 0 amide bonds. The molecule has 1 nitrogen and oxygen atoms in total. The number of rotatable bonds is 3. The van der Waals surface area contributed by atoms with Gasteiger partial charge >= 0.3 is 0 Å². The fourth-order valence-electron chi connectivity index (χ4n) is 0.554. The Morgan fingerprint density at radius 3 is 2.22 bits per heavy atom. The van der Waals surface area contributed by atoms with Crippen LogP contribution in [0.25, 0.3) is 0 Å². The molecule has 0 bridgehead atoms. The molecule has 0 radical (unpaired) electrons. The van der Waals surface area contributed by atoms with E-state index in [-0.39, 0.29) is 0 Å². The highest BCUT2D eigenvalue weighted by Crippen LogP contribution is 2.19. The van der Waals surface area contributed by atoms with Crippen LogP contribution in [0.5, 0.6) is 0 Å². The lowest BCUT2D eigenvalue weighted by Crippen LogP contribution is -2.42. The summed E-state index contributed by atoms with van der Waals surface area (Å²) >= 11 is 0. The maximum Gasteiger partial charge on any atom is 0.119 e. The summed E-state index contributed by atoms with van der Waals surface area (Å²) in [6.45, 7) is 10.2. The van der Waals surface area contributed by atoms with Gasteiger partial charge in [-0.25, -0.2) is 0 Å². The summed E-state index contributed by atoms with van der Waals surface area (Å²) in [6.07, 6.45) is 3.02. The van der Waals surface area contributed by atoms with Gasteiger partial charge in [-0.3, -0.25) is 0 Å². The van der Waals surface area contributed by atoms with E-state index >= 15 is 0 Å². The molecule has 0 aromatic heterocycles. The van der Waals surface area contributed by atoms with Gasteiger partial charge in [-0.15, -0.1) is 6.58 Å². The maximum atomic E-state index is 5.96. The van der Waals surface area contributed by atoms with Crippen LogP contribution in [0.15, 0.2) is 12.7 Å². The van der Waals surface area contributed by atoms with Crippen molar-refractivity contribution < 1.29 is 0 Å². The fourth-order valence-corrected chi connectivity index (χ4v) is 1.33. The number of hydrogen-bond donors (Lipinski definition) is 1. The Balaban J connectivity index is 3.72. The van der Waals surface area contributed by atoms with Crippen molar-refractivity contribution in [2.45, 2.75) is 32.0 Å². The average Bonchev–Trinajstić information content (AvgIpc) is 1.64. The minimum atomic E-state index is -1.35. The van der Waals surface area contributed by atoms with E-state index in [0.717, 1.165) is 6.42 Å². The topological polar surface area (TPSA) is 26.0 Å². The normalized spacial score (nSPS) is 15.1. The van der Waals surface area contributed by atoms with Gasteiger partial charge in [0.1, 0.15) is 8.24 Å². The second-order valence-electron chi connectivity index (χ2n) is 3.25. The number of allylic oxidation sites excluding steroid dienone is 1. The molecule has 54 valence electrons. The van der Waals surface area contributed by atoms with Gasteiger partial charge in [0.05, 0.1) is 0 Å². The number of hydrogen-bond acceptors (Lipinski definition) is 1. The molecule has 0 fully saturated rings. The van der Waals surface area contributed by atoms with Crippen LogP contribution in [0, 0.1) is 0 Å². The molecule has 0 spiro atoms. The quantitative estimate of drug-likeness (QED) is 0.475. The summed E-state index contributed by atoms with van der Waals surface area (Å²) in [4.78, 5) is 0. The standard InChI is InChI=1S/C7H17NSi/c1-5-6-7(2)9(3,4)8/h5,7H,1,6,8H2,2-4H3. The molecule has 0 rings (SSSR count). The highest BCUT2D eigenvalue weighted by Gasteiger charge is 2.21. The molecule has 0 aliphatic rings. The van der Waals surface area contributed by atoms with E-state index in [2.05, 4.69) is 26.6 Å². The van der Waals surface area contributed by atoms with Gasteiger partial charge in [0.25, 0.3) is 0 Å². The van der Waals surface area contributed by atoms with Crippen molar-refractivity contribution in [2.24, 2.45) is 5.40 Å². The van der Waals surface area contributed by atoms with Crippen LogP contribution < -0.4 is 5.40 Å². The molecule has 9 heavy (non-hydrogen) atoms.